The van der Waals surface area contributed by atoms with Gasteiger partial charge in [0.05, 0.1) is 5.52 Å². The topological polar surface area (TPSA) is 22.0 Å². The monoisotopic (exact) mass is 275 g/mol. The molecular formula is C16H21NOS. The number of thiol groups is 1. The highest BCUT2D eigenvalue weighted by Gasteiger charge is 2.23. The quantitative estimate of drug-likeness (QED) is 0.850. The Labute approximate surface area is 119 Å². The fraction of sp³-hybridized carbons (Fsp3) is 0.438. The lowest BCUT2D eigenvalue weighted by atomic mass is 9.82. The number of hydrogen-bond acceptors (Lipinski definition) is 2. The maximum absolute atomic E-state index is 11.9. The van der Waals surface area contributed by atoms with E-state index in [1.54, 1.807) is 6.07 Å². The van der Waals surface area contributed by atoms with Crippen molar-refractivity contribution in [3.05, 3.63) is 46.8 Å². The molecule has 1 heterocycles. The maximum atomic E-state index is 11.9. The van der Waals surface area contributed by atoms with Gasteiger partial charge in [0.15, 0.2) is 5.43 Å². The molecule has 1 aromatic heterocycles. The molecule has 102 valence electrons. The Bertz CT molecular complexity index is 624. The van der Waals surface area contributed by atoms with Crippen molar-refractivity contribution in [1.29, 1.82) is 0 Å². The van der Waals surface area contributed by atoms with Crippen LogP contribution in [0.5, 0.6) is 0 Å². The summed E-state index contributed by atoms with van der Waals surface area (Å²) in [6, 6.07) is 9.44. The molecule has 2 rings (SSSR count). The Balaban J connectivity index is 2.47. The van der Waals surface area contributed by atoms with Gasteiger partial charge >= 0.3 is 0 Å². The molecule has 0 aliphatic heterocycles. The molecule has 0 radical (unpaired) electrons. The summed E-state index contributed by atoms with van der Waals surface area (Å²) in [6.45, 7) is 7.59. The van der Waals surface area contributed by atoms with Crippen LogP contribution in [0.15, 0.2) is 41.3 Å². The van der Waals surface area contributed by atoms with E-state index in [0.717, 1.165) is 23.2 Å². The van der Waals surface area contributed by atoms with Crippen LogP contribution in [0.2, 0.25) is 0 Å². The Hall–Kier alpha value is -1.22. The van der Waals surface area contributed by atoms with Crippen LogP contribution in [0.1, 0.15) is 20.8 Å². The van der Waals surface area contributed by atoms with Crippen LogP contribution in [0.4, 0.5) is 0 Å². The fourth-order valence-electron chi connectivity index (χ4n) is 2.26. The molecule has 2 aromatic rings. The number of para-hydroxylation sites is 1. The van der Waals surface area contributed by atoms with E-state index in [4.69, 9.17) is 0 Å². The number of pyridine rings is 1. The van der Waals surface area contributed by atoms with Gasteiger partial charge < -0.3 is 4.57 Å². The third kappa shape index (κ3) is 3.03. The smallest absolute Gasteiger partial charge is 0.189 e. The van der Waals surface area contributed by atoms with Gasteiger partial charge in [-0.3, -0.25) is 4.79 Å². The lowest BCUT2D eigenvalue weighted by Gasteiger charge is -2.30. The van der Waals surface area contributed by atoms with E-state index in [1.807, 2.05) is 30.5 Å². The van der Waals surface area contributed by atoms with Crippen LogP contribution in [0.25, 0.3) is 10.9 Å². The molecule has 0 spiro atoms. The first-order valence-corrected chi connectivity index (χ1v) is 7.26. The van der Waals surface area contributed by atoms with Crippen LogP contribution >= 0.6 is 12.6 Å². The van der Waals surface area contributed by atoms with Crippen LogP contribution in [-0.4, -0.2) is 10.3 Å². The van der Waals surface area contributed by atoms with E-state index in [2.05, 4.69) is 38.0 Å². The van der Waals surface area contributed by atoms with Gasteiger partial charge in [0.1, 0.15) is 0 Å². The minimum Gasteiger partial charge on any atom is -0.347 e. The largest absolute Gasteiger partial charge is 0.347 e. The van der Waals surface area contributed by atoms with E-state index < -0.39 is 0 Å². The number of nitrogens with zero attached hydrogens (tertiary/aromatic N) is 1. The molecule has 0 aliphatic carbocycles. The van der Waals surface area contributed by atoms with Crippen molar-refractivity contribution in [3.8, 4) is 0 Å². The third-order valence-electron chi connectivity index (χ3n) is 3.75. The molecule has 1 unspecified atom stereocenters. The standard InChI is InChI=1S/C16H21NOS/c1-16(2,3)12(11-19)10-17-9-8-15(18)13-6-4-5-7-14(13)17/h4-9,12,19H,10-11H2,1-3H3. The second-order valence-electron chi connectivity index (χ2n) is 6.10. The van der Waals surface area contributed by atoms with Crippen molar-refractivity contribution in [1.82, 2.24) is 4.57 Å². The molecule has 0 aliphatic rings. The summed E-state index contributed by atoms with van der Waals surface area (Å²) in [7, 11) is 0. The second-order valence-corrected chi connectivity index (χ2v) is 6.46. The number of aromatic nitrogens is 1. The van der Waals surface area contributed by atoms with E-state index >= 15 is 0 Å². The van der Waals surface area contributed by atoms with Gasteiger partial charge in [-0.1, -0.05) is 32.9 Å². The van der Waals surface area contributed by atoms with Gasteiger partial charge in [0.25, 0.3) is 0 Å². The van der Waals surface area contributed by atoms with Crippen molar-refractivity contribution in [2.24, 2.45) is 11.3 Å². The van der Waals surface area contributed by atoms with Gasteiger partial charge in [-0.05, 0) is 29.2 Å². The van der Waals surface area contributed by atoms with E-state index in [0.29, 0.717) is 5.92 Å². The average molecular weight is 275 g/mol. The molecule has 19 heavy (non-hydrogen) atoms. The Morgan fingerprint density at radius 2 is 1.89 bits per heavy atom. The van der Waals surface area contributed by atoms with Crippen molar-refractivity contribution in [2.75, 3.05) is 5.75 Å². The van der Waals surface area contributed by atoms with Crippen LogP contribution in [0, 0.1) is 11.3 Å². The summed E-state index contributed by atoms with van der Waals surface area (Å²) in [5, 5.41) is 0.789. The predicted molar refractivity (Wildman–Crippen MR) is 85.0 cm³/mol. The number of fused-ring (bicyclic) bond motifs is 1. The molecule has 0 N–H and O–H groups in total. The number of hydrogen-bond donors (Lipinski definition) is 1. The maximum Gasteiger partial charge on any atom is 0.189 e. The molecule has 0 saturated carbocycles. The molecule has 0 saturated heterocycles. The molecular weight excluding hydrogens is 254 g/mol. The summed E-state index contributed by atoms with van der Waals surface area (Å²) < 4.78 is 2.17. The first-order chi connectivity index (χ1) is 8.93. The minimum absolute atomic E-state index is 0.0880. The zero-order valence-corrected chi connectivity index (χ0v) is 12.7. The first kappa shape index (κ1) is 14.2. The van der Waals surface area contributed by atoms with Crippen LogP contribution < -0.4 is 5.43 Å². The molecule has 3 heteroatoms. The summed E-state index contributed by atoms with van der Waals surface area (Å²) in [6.07, 6.45) is 1.90. The molecule has 1 aromatic carbocycles. The molecule has 0 amide bonds. The summed E-state index contributed by atoms with van der Waals surface area (Å²) in [4.78, 5) is 11.9. The van der Waals surface area contributed by atoms with Gasteiger partial charge in [0, 0.05) is 24.2 Å². The van der Waals surface area contributed by atoms with Crippen molar-refractivity contribution < 1.29 is 0 Å². The van der Waals surface area contributed by atoms with E-state index in [1.165, 1.54) is 0 Å². The van der Waals surface area contributed by atoms with E-state index in [9.17, 15) is 4.79 Å². The van der Waals surface area contributed by atoms with Gasteiger partial charge in [-0.15, -0.1) is 0 Å². The van der Waals surface area contributed by atoms with Crippen LogP contribution in [0.3, 0.4) is 0 Å². The van der Waals surface area contributed by atoms with Crippen molar-refractivity contribution in [3.63, 3.8) is 0 Å². The SMILES string of the molecule is CC(C)(C)C(CS)Cn1ccc(=O)c2ccccc21. The lowest BCUT2D eigenvalue weighted by Crippen LogP contribution is -2.27. The molecule has 1 atom stereocenters. The average Bonchev–Trinajstić information content (AvgIpc) is 2.37. The highest BCUT2D eigenvalue weighted by atomic mass is 32.1. The predicted octanol–water partition coefficient (Wildman–Crippen LogP) is 3.59. The highest BCUT2D eigenvalue weighted by molar-refractivity contribution is 7.80. The third-order valence-corrected chi connectivity index (χ3v) is 4.19. The summed E-state index contributed by atoms with van der Waals surface area (Å²) >= 11 is 4.48. The number of rotatable bonds is 3. The Kier molecular flexibility index (Phi) is 4.04. The molecule has 0 bridgehead atoms. The molecule has 2 nitrogen and oxygen atoms in total. The summed E-state index contributed by atoms with van der Waals surface area (Å²) in [5.74, 6) is 1.30. The highest BCUT2D eigenvalue weighted by Crippen LogP contribution is 2.29. The van der Waals surface area contributed by atoms with Crippen molar-refractivity contribution in [2.45, 2.75) is 27.3 Å². The second kappa shape index (κ2) is 5.41. The first-order valence-electron chi connectivity index (χ1n) is 6.62. The Morgan fingerprint density at radius 3 is 2.53 bits per heavy atom. The zero-order valence-electron chi connectivity index (χ0n) is 11.8. The minimum atomic E-state index is 0.0880. The number of benzene rings is 1. The zero-order chi connectivity index (χ0) is 14.0. The van der Waals surface area contributed by atoms with Gasteiger partial charge in [-0.2, -0.15) is 12.6 Å². The fourth-order valence-corrected chi connectivity index (χ4v) is 2.93. The van der Waals surface area contributed by atoms with Crippen molar-refractivity contribution >= 4 is 23.5 Å². The normalized spacial score (nSPS) is 13.7. The Morgan fingerprint density at radius 1 is 1.21 bits per heavy atom. The van der Waals surface area contributed by atoms with Gasteiger partial charge in [-0.25, -0.2) is 0 Å². The van der Waals surface area contributed by atoms with Crippen LogP contribution in [-0.2, 0) is 6.54 Å². The van der Waals surface area contributed by atoms with Gasteiger partial charge in [0.2, 0.25) is 0 Å². The van der Waals surface area contributed by atoms with E-state index in [-0.39, 0.29) is 10.8 Å². The summed E-state index contributed by atoms with van der Waals surface area (Å²) in [5.41, 5.74) is 1.29. The lowest BCUT2D eigenvalue weighted by molar-refractivity contribution is 0.240. The molecule has 0 fully saturated rings.